The van der Waals surface area contributed by atoms with Gasteiger partial charge in [0.05, 0.1) is 5.56 Å². The normalized spacial score (nSPS) is 14.7. The van der Waals surface area contributed by atoms with Crippen LogP contribution in [0.4, 0.5) is 8.78 Å². The van der Waals surface area contributed by atoms with Gasteiger partial charge in [-0.05, 0) is 37.7 Å². The van der Waals surface area contributed by atoms with E-state index >= 15 is 0 Å². The van der Waals surface area contributed by atoms with Crippen molar-refractivity contribution < 1.29 is 13.6 Å². The molecule has 0 radical (unpaired) electrons. The van der Waals surface area contributed by atoms with Crippen LogP contribution in [0.5, 0.6) is 0 Å². The number of thioether (sulfide) groups is 1. The van der Waals surface area contributed by atoms with Crippen LogP contribution in [0, 0.1) is 11.6 Å². The van der Waals surface area contributed by atoms with E-state index in [9.17, 15) is 13.6 Å². The van der Waals surface area contributed by atoms with E-state index in [0.29, 0.717) is 31.5 Å². The zero-order chi connectivity index (χ0) is 18.5. The predicted molar refractivity (Wildman–Crippen MR) is 96.3 cm³/mol. The topological polar surface area (TPSA) is 59.8 Å². The molecule has 1 fully saturated rings. The molecule has 1 heterocycles. The van der Waals surface area contributed by atoms with Crippen molar-refractivity contribution in [1.82, 2.24) is 20.1 Å². The summed E-state index contributed by atoms with van der Waals surface area (Å²) in [6.45, 7) is 0.391. The fourth-order valence-corrected chi connectivity index (χ4v) is 3.94. The van der Waals surface area contributed by atoms with Gasteiger partial charge in [-0.2, -0.15) is 0 Å². The molecule has 1 aliphatic rings. The molecular formula is C18H22F2N4OS. The Bertz CT molecular complexity index is 775. The lowest BCUT2D eigenvalue weighted by molar-refractivity contribution is 0.0949. The second-order valence-corrected chi connectivity index (χ2v) is 7.17. The van der Waals surface area contributed by atoms with E-state index in [1.54, 1.807) is 11.8 Å². The molecule has 0 bridgehead atoms. The largest absolute Gasteiger partial charge is 0.352 e. The average Bonchev–Trinajstić information content (AvgIpc) is 3.27. The van der Waals surface area contributed by atoms with Crippen LogP contribution in [-0.4, -0.2) is 33.5 Å². The highest BCUT2D eigenvalue weighted by atomic mass is 32.2. The quantitative estimate of drug-likeness (QED) is 0.587. The maximum absolute atomic E-state index is 13.6. The van der Waals surface area contributed by atoms with Crippen molar-refractivity contribution in [3.8, 4) is 0 Å². The molecule has 1 aromatic heterocycles. The van der Waals surface area contributed by atoms with Crippen LogP contribution in [0.2, 0.25) is 0 Å². The first-order valence-electron chi connectivity index (χ1n) is 8.81. The Hall–Kier alpha value is -1.96. The number of benzene rings is 1. The minimum absolute atomic E-state index is 0.148. The van der Waals surface area contributed by atoms with E-state index in [2.05, 4.69) is 20.1 Å². The molecule has 1 saturated carbocycles. The summed E-state index contributed by atoms with van der Waals surface area (Å²) in [6, 6.07) is 3.40. The van der Waals surface area contributed by atoms with Crippen molar-refractivity contribution in [3.63, 3.8) is 0 Å². The van der Waals surface area contributed by atoms with Gasteiger partial charge in [-0.15, -0.1) is 10.2 Å². The Morgan fingerprint density at radius 2 is 2.08 bits per heavy atom. The van der Waals surface area contributed by atoms with Crippen molar-refractivity contribution >= 4 is 17.7 Å². The number of hydrogen-bond donors (Lipinski definition) is 1. The Kier molecular flexibility index (Phi) is 6.24. The summed E-state index contributed by atoms with van der Waals surface area (Å²) in [7, 11) is 0. The maximum atomic E-state index is 13.6. The van der Waals surface area contributed by atoms with Crippen molar-refractivity contribution in [2.75, 3.05) is 12.8 Å². The number of amides is 1. The van der Waals surface area contributed by atoms with Crippen LogP contribution >= 0.6 is 11.8 Å². The standard InChI is InChI=1S/C18H22F2N4OS/c1-26-18-23-22-16(24(18)13-5-2-3-6-13)7-4-10-21-17(25)14-9-8-12(19)11-15(14)20/h8-9,11,13H,2-7,10H2,1H3,(H,21,25). The van der Waals surface area contributed by atoms with Gasteiger partial charge in [0.25, 0.3) is 5.91 Å². The second kappa shape index (κ2) is 8.62. The van der Waals surface area contributed by atoms with Crippen LogP contribution in [0.25, 0.3) is 0 Å². The minimum Gasteiger partial charge on any atom is -0.352 e. The molecule has 1 aromatic carbocycles. The molecule has 0 atom stereocenters. The summed E-state index contributed by atoms with van der Waals surface area (Å²) in [5.41, 5.74) is -0.148. The zero-order valence-corrected chi connectivity index (χ0v) is 15.5. The maximum Gasteiger partial charge on any atom is 0.254 e. The van der Waals surface area contributed by atoms with E-state index < -0.39 is 17.5 Å². The van der Waals surface area contributed by atoms with Gasteiger partial charge in [-0.1, -0.05) is 24.6 Å². The third-order valence-corrected chi connectivity index (χ3v) is 5.29. The van der Waals surface area contributed by atoms with Gasteiger partial charge in [0.15, 0.2) is 5.16 Å². The minimum atomic E-state index is -0.854. The first-order valence-corrected chi connectivity index (χ1v) is 10.0. The monoisotopic (exact) mass is 380 g/mol. The Balaban J connectivity index is 1.55. The molecule has 5 nitrogen and oxygen atoms in total. The van der Waals surface area contributed by atoms with Gasteiger partial charge < -0.3 is 9.88 Å². The van der Waals surface area contributed by atoms with Gasteiger partial charge >= 0.3 is 0 Å². The van der Waals surface area contributed by atoms with Gasteiger partial charge in [0.1, 0.15) is 17.5 Å². The lowest BCUT2D eigenvalue weighted by atomic mass is 10.2. The number of halogens is 2. The molecule has 8 heteroatoms. The molecule has 1 N–H and O–H groups in total. The highest BCUT2D eigenvalue weighted by Gasteiger charge is 2.23. The number of aryl methyl sites for hydroxylation is 1. The molecule has 140 valence electrons. The van der Waals surface area contributed by atoms with Crippen LogP contribution < -0.4 is 5.32 Å². The molecule has 26 heavy (non-hydrogen) atoms. The molecule has 2 aromatic rings. The van der Waals surface area contributed by atoms with Gasteiger partial charge in [-0.25, -0.2) is 8.78 Å². The summed E-state index contributed by atoms with van der Waals surface area (Å²) >= 11 is 1.59. The lowest BCUT2D eigenvalue weighted by Crippen LogP contribution is -2.26. The van der Waals surface area contributed by atoms with Crippen LogP contribution in [-0.2, 0) is 6.42 Å². The smallest absolute Gasteiger partial charge is 0.254 e. The Morgan fingerprint density at radius 3 is 2.77 bits per heavy atom. The zero-order valence-electron chi connectivity index (χ0n) is 14.7. The highest BCUT2D eigenvalue weighted by molar-refractivity contribution is 7.98. The number of carbonyl (C=O) groups excluding carboxylic acids is 1. The molecule has 1 aliphatic carbocycles. The highest BCUT2D eigenvalue weighted by Crippen LogP contribution is 2.33. The van der Waals surface area contributed by atoms with Crippen LogP contribution in [0.15, 0.2) is 23.4 Å². The number of aromatic nitrogens is 3. The van der Waals surface area contributed by atoms with Crippen molar-refractivity contribution in [2.45, 2.75) is 49.7 Å². The number of hydrogen-bond acceptors (Lipinski definition) is 4. The molecule has 0 aliphatic heterocycles. The molecule has 0 unspecified atom stereocenters. The lowest BCUT2D eigenvalue weighted by Gasteiger charge is -2.16. The molecular weight excluding hydrogens is 358 g/mol. The van der Waals surface area contributed by atoms with Crippen molar-refractivity contribution in [3.05, 3.63) is 41.2 Å². The van der Waals surface area contributed by atoms with Gasteiger partial charge in [0.2, 0.25) is 0 Å². The fraction of sp³-hybridized carbons (Fsp3) is 0.500. The SMILES string of the molecule is CSc1nnc(CCCNC(=O)c2ccc(F)cc2F)n1C1CCCC1. The number of rotatable bonds is 7. The van der Waals surface area contributed by atoms with E-state index in [-0.39, 0.29) is 5.56 Å². The van der Waals surface area contributed by atoms with E-state index in [1.807, 2.05) is 6.26 Å². The number of carbonyl (C=O) groups is 1. The van der Waals surface area contributed by atoms with Crippen LogP contribution in [0.3, 0.4) is 0 Å². The second-order valence-electron chi connectivity index (χ2n) is 6.39. The molecule has 0 saturated heterocycles. The first kappa shape index (κ1) is 18.8. The molecule has 3 rings (SSSR count). The summed E-state index contributed by atoms with van der Waals surface area (Å²) in [6.07, 6.45) is 8.13. The predicted octanol–water partition coefficient (Wildman–Crippen LogP) is 3.76. The van der Waals surface area contributed by atoms with E-state index in [4.69, 9.17) is 0 Å². The summed E-state index contributed by atoms with van der Waals surface area (Å²) < 4.78 is 28.8. The fourth-order valence-electron chi connectivity index (χ4n) is 3.36. The van der Waals surface area contributed by atoms with Gasteiger partial charge in [-0.3, -0.25) is 4.79 Å². The number of nitrogens with one attached hydrogen (secondary N) is 1. The molecule has 0 spiro atoms. The molecule has 1 amide bonds. The van der Waals surface area contributed by atoms with Crippen molar-refractivity contribution in [1.29, 1.82) is 0 Å². The Morgan fingerprint density at radius 1 is 1.31 bits per heavy atom. The third-order valence-electron chi connectivity index (χ3n) is 4.65. The Labute approximate surface area is 155 Å². The van der Waals surface area contributed by atoms with Crippen LogP contribution in [0.1, 0.15) is 54.3 Å². The first-order chi connectivity index (χ1) is 12.6. The summed E-state index contributed by atoms with van der Waals surface area (Å²) in [5, 5.41) is 12.2. The van der Waals surface area contributed by atoms with E-state index in [1.165, 1.54) is 12.8 Å². The van der Waals surface area contributed by atoms with E-state index in [0.717, 1.165) is 36.0 Å². The van der Waals surface area contributed by atoms with Gasteiger partial charge in [0, 0.05) is 25.1 Å². The number of nitrogens with zero attached hydrogens (tertiary/aromatic N) is 3. The average molecular weight is 380 g/mol. The van der Waals surface area contributed by atoms with Crippen molar-refractivity contribution in [2.24, 2.45) is 0 Å². The summed E-state index contributed by atoms with van der Waals surface area (Å²) in [5.74, 6) is -1.16. The third kappa shape index (κ3) is 4.23. The summed E-state index contributed by atoms with van der Waals surface area (Å²) in [4.78, 5) is 12.0.